The highest BCUT2D eigenvalue weighted by Crippen LogP contribution is 2.09. The van der Waals surface area contributed by atoms with Crippen LogP contribution in [0.3, 0.4) is 0 Å². The summed E-state index contributed by atoms with van der Waals surface area (Å²) in [6.07, 6.45) is 2.94. The highest BCUT2D eigenvalue weighted by Gasteiger charge is 2.04. The first-order chi connectivity index (χ1) is 8.69. The van der Waals surface area contributed by atoms with Crippen LogP contribution in [0.5, 0.6) is 0 Å². The minimum Gasteiger partial charge on any atom is -0.385 e. The second kappa shape index (κ2) is 5.62. The van der Waals surface area contributed by atoms with Crippen LogP contribution in [-0.4, -0.2) is 26.3 Å². The summed E-state index contributed by atoms with van der Waals surface area (Å²) in [5.41, 5.74) is 2.10. The van der Waals surface area contributed by atoms with Gasteiger partial charge in [-0.1, -0.05) is 6.92 Å². The van der Waals surface area contributed by atoms with Gasteiger partial charge in [-0.15, -0.1) is 0 Å². The van der Waals surface area contributed by atoms with Gasteiger partial charge in [-0.05, 0) is 32.4 Å². The molecular formula is C13H19N5. The molecule has 0 aliphatic rings. The van der Waals surface area contributed by atoms with Gasteiger partial charge in [0, 0.05) is 18.4 Å². The monoisotopic (exact) mass is 245 g/mol. The Labute approximate surface area is 107 Å². The van der Waals surface area contributed by atoms with Gasteiger partial charge in [-0.3, -0.25) is 4.98 Å². The van der Waals surface area contributed by atoms with Crippen molar-refractivity contribution in [2.75, 3.05) is 11.9 Å². The predicted molar refractivity (Wildman–Crippen MR) is 71.6 cm³/mol. The van der Waals surface area contributed by atoms with Crippen molar-refractivity contribution in [2.45, 2.75) is 33.7 Å². The van der Waals surface area contributed by atoms with E-state index in [0.29, 0.717) is 6.54 Å². The van der Waals surface area contributed by atoms with Crippen LogP contribution in [-0.2, 0) is 6.54 Å². The third-order valence-electron chi connectivity index (χ3n) is 2.67. The number of hydrogen-bond donors (Lipinski definition) is 1. The zero-order valence-electron chi connectivity index (χ0n) is 11.1. The summed E-state index contributed by atoms with van der Waals surface area (Å²) in [6, 6.07) is 4.05. The van der Waals surface area contributed by atoms with Gasteiger partial charge in [0.2, 0.25) is 0 Å². The van der Waals surface area contributed by atoms with Crippen LogP contribution in [0, 0.1) is 13.8 Å². The Morgan fingerprint density at radius 3 is 2.83 bits per heavy atom. The molecule has 0 amide bonds. The fraction of sp³-hybridized carbons (Fsp3) is 0.462. The summed E-state index contributed by atoms with van der Waals surface area (Å²) in [5.74, 6) is 1.72. The molecule has 0 unspecified atom stereocenters. The summed E-state index contributed by atoms with van der Waals surface area (Å²) < 4.78 is 1.88. The minimum absolute atomic E-state index is 0.661. The zero-order valence-corrected chi connectivity index (χ0v) is 11.1. The number of rotatable bonds is 5. The largest absolute Gasteiger partial charge is 0.385 e. The fourth-order valence-corrected chi connectivity index (χ4v) is 1.81. The van der Waals surface area contributed by atoms with Crippen molar-refractivity contribution in [3.63, 3.8) is 0 Å². The molecule has 5 nitrogen and oxygen atoms in total. The smallest absolute Gasteiger partial charge is 0.147 e. The van der Waals surface area contributed by atoms with E-state index in [4.69, 9.17) is 0 Å². The predicted octanol–water partition coefficient (Wildman–Crippen LogP) is 2.16. The lowest BCUT2D eigenvalue weighted by atomic mass is 10.3. The highest BCUT2D eigenvalue weighted by molar-refractivity contribution is 5.43. The lowest BCUT2D eigenvalue weighted by Crippen LogP contribution is -2.07. The van der Waals surface area contributed by atoms with Crippen LogP contribution in [0.2, 0.25) is 0 Å². The Balaban J connectivity index is 2.11. The zero-order chi connectivity index (χ0) is 13.0. The van der Waals surface area contributed by atoms with E-state index >= 15 is 0 Å². The molecular weight excluding hydrogens is 226 g/mol. The van der Waals surface area contributed by atoms with Crippen LogP contribution in [0.25, 0.3) is 0 Å². The fourth-order valence-electron chi connectivity index (χ4n) is 1.81. The maximum Gasteiger partial charge on any atom is 0.147 e. The summed E-state index contributed by atoms with van der Waals surface area (Å²) in [4.78, 5) is 8.65. The number of pyridine rings is 1. The van der Waals surface area contributed by atoms with E-state index in [1.165, 1.54) is 0 Å². The highest BCUT2D eigenvalue weighted by atomic mass is 15.3. The molecule has 0 aromatic carbocycles. The third kappa shape index (κ3) is 3.06. The number of nitrogens with zero attached hydrogens (tertiary/aromatic N) is 4. The molecule has 2 aromatic rings. The molecule has 0 aliphatic carbocycles. The SMILES string of the molecule is CCCNc1ccnc(Cn2nc(C)nc2C)c1. The van der Waals surface area contributed by atoms with Gasteiger partial charge in [0.1, 0.15) is 11.6 Å². The Morgan fingerprint density at radius 2 is 2.17 bits per heavy atom. The van der Waals surface area contributed by atoms with E-state index in [1.54, 1.807) is 0 Å². The maximum absolute atomic E-state index is 4.36. The topological polar surface area (TPSA) is 55.6 Å². The van der Waals surface area contributed by atoms with Gasteiger partial charge in [-0.25, -0.2) is 9.67 Å². The number of nitrogens with one attached hydrogen (secondary N) is 1. The minimum atomic E-state index is 0.661. The van der Waals surface area contributed by atoms with Crippen molar-refractivity contribution in [1.82, 2.24) is 19.7 Å². The molecule has 2 rings (SSSR count). The Bertz CT molecular complexity index is 518. The van der Waals surface area contributed by atoms with Gasteiger partial charge in [0.05, 0.1) is 12.2 Å². The first-order valence-electron chi connectivity index (χ1n) is 6.26. The molecule has 0 fully saturated rings. The van der Waals surface area contributed by atoms with Crippen LogP contribution >= 0.6 is 0 Å². The summed E-state index contributed by atoms with van der Waals surface area (Å²) >= 11 is 0. The molecule has 0 saturated carbocycles. The van der Waals surface area contributed by atoms with E-state index in [0.717, 1.165) is 36.0 Å². The van der Waals surface area contributed by atoms with E-state index in [9.17, 15) is 0 Å². The molecule has 1 N–H and O–H groups in total. The van der Waals surface area contributed by atoms with Crippen molar-refractivity contribution in [3.05, 3.63) is 35.7 Å². The Morgan fingerprint density at radius 1 is 1.33 bits per heavy atom. The number of anilines is 1. The molecule has 0 radical (unpaired) electrons. The van der Waals surface area contributed by atoms with Crippen molar-refractivity contribution >= 4 is 5.69 Å². The summed E-state index contributed by atoms with van der Waals surface area (Å²) in [6.45, 7) is 7.64. The standard InChI is InChI=1S/C13H19N5/c1-4-6-14-12-5-7-15-13(8-12)9-18-11(3)16-10(2)17-18/h5,7-8H,4,6,9H2,1-3H3,(H,14,15). The lowest BCUT2D eigenvalue weighted by Gasteiger charge is -2.07. The summed E-state index contributed by atoms with van der Waals surface area (Å²) in [5, 5.41) is 7.70. The molecule has 5 heteroatoms. The van der Waals surface area contributed by atoms with Crippen LogP contribution in [0.4, 0.5) is 5.69 Å². The number of aromatic nitrogens is 4. The second-order valence-electron chi connectivity index (χ2n) is 4.33. The van der Waals surface area contributed by atoms with E-state index < -0.39 is 0 Å². The van der Waals surface area contributed by atoms with Crippen LogP contribution in [0.1, 0.15) is 30.7 Å². The van der Waals surface area contributed by atoms with Crippen molar-refractivity contribution in [1.29, 1.82) is 0 Å². The molecule has 2 heterocycles. The van der Waals surface area contributed by atoms with Crippen LogP contribution < -0.4 is 5.32 Å². The first-order valence-corrected chi connectivity index (χ1v) is 6.26. The maximum atomic E-state index is 4.36. The first kappa shape index (κ1) is 12.5. The van der Waals surface area contributed by atoms with Gasteiger partial charge < -0.3 is 5.32 Å². The molecule has 18 heavy (non-hydrogen) atoms. The average molecular weight is 245 g/mol. The van der Waals surface area contributed by atoms with Gasteiger partial charge in [0.15, 0.2) is 0 Å². The lowest BCUT2D eigenvalue weighted by molar-refractivity contribution is 0.644. The van der Waals surface area contributed by atoms with Crippen molar-refractivity contribution in [3.8, 4) is 0 Å². The van der Waals surface area contributed by atoms with E-state index in [-0.39, 0.29) is 0 Å². The molecule has 0 bridgehead atoms. The van der Waals surface area contributed by atoms with Gasteiger partial charge >= 0.3 is 0 Å². The Kier molecular flexibility index (Phi) is 3.92. The molecule has 2 aromatic heterocycles. The third-order valence-corrected chi connectivity index (χ3v) is 2.67. The molecule has 96 valence electrons. The second-order valence-corrected chi connectivity index (χ2v) is 4.33. The molecule has 0 saturated heterocycles. The number of aryl methyl sites for hydroxylation is 2. The van der Waals surface area contributed by atoms with Crippen molar-refractivity contribution < 1.29 is 0 Å². The van der Waals surface area contributed by atoms with E-state index in [1.807, 2.05) is 30.8 Å². The van der Waals surface area contributed by atoms with Gasteiger partial charge in [0.25, 0.3) is 0 Å². The Hall–Kier alpha value is -1.91. The molecule has 0 atom stereocenters. The number of hydrogen-bond acceptors (Lipinski definition) is 4. The quantitative estimate of drug-likeness (QED) is 0.877. The van der Waals surface area contributed by atoms with Gasteiger partial charge in [-0.2, -0.15) is 5.10 Å². The molecule has 0 aliphatic heterocycles. The molecule has 0 spiro atoms. The van der Waals surface area contributed by atoms with E-state index in [2.05, 4.69) is 33.4 Å². The summed E-state index contributed by atoms with van der Waals surface area (Å²) in [7, 11) is 0. The van der Waals surface area contributed by atoms with Crippen LogP contribution in [0.15, 0.2) is 18.3 Å². The van der Waals surface area contributed by atoms with Crippen molar-refractivity contribution in [2.24, 2.45) is 0 Å². The normalized spacial score (nSPS) is 10.6. The average Bonchev–Trinajstić information content (AvgIpc) is 2.66.